The third kappa shape index (κ3) is 3.84. The van der Waals surface area contributed by atoms with E-state index >= 15 is 0 Å². The highest BCUT2D eigenvalue weighted by atomic mass is 15.3. The van der Waals surface area contributed by atoms with Crippen molar-refractivity contribution < 1.29 is 0 Å². The summed E-state index contributed by atoms with van der Waals surface area (Å²) in [4.78, 5) is 0. The van der Waals surface area contributed by atoms with Crippen LogP contribution in [0.4, 0.5) is 0 Å². The second-order valence-electron chi connectivity index (χ2n) is 5.41. The summed E-state index contributed by atoms with van der Waals surface area (Å²) in [6, 6.07) is 2.08. The average Bonchev–Trinajstić information content (AvgIpc) is 2.76. The lowest BCUT2D eigenvalue weighted by molar-refractivity contribution is 0.262. The summed E-state index contributed by atoms with van der Waals surface area (Å²) < 4.78 is 1.86. The molecule has 0 saturated heterocycles. The standard InChI is InChI=1S/C14H25N3/c1-3-12-4-6-13(7-5-12)10-15-11-14-8-9-17(2)16-14/h8-9,12-13,15H,3-7,10-11H2,1-2H3. The minimum Gasteiger partial charge on any atom is -0.311 e. The maximum atomic E-state index is 4.37. The van der Waals surface area contributed by atoms with E-state index < -0.39 is 0 Å². The Morgan fingerprint density at radius 1 is 1.29 bits per heavy atom. The highest BCUT2D eigenvalue weighted by Crippen LogP contribution is 2.30. The summed E-state index contributed by atoms with van der Waals surface area (Å²) in [6.45, 7) is 4.39. The Morgan fingerprint density at radius 3 is 2.59 bits per heavy atom. The molecule has 1 saturated carbocycles. The fourth-order valence-corrected chi connectivity index (χ4v) is 2.81. The molecule has 2 rings (SSSR count). The normalized spacial score (nSPS) is 25.1. The van der Waals surface area contributed by atoms with E-state index in [4.69, 9.17) is 0 Å². The largest absolute Gasteiger partial charge is 0.311 e. The Hall–Kier alpha value is -0.830. The number of aryl methyl sites for hydroxylation is 1. The molecule has 0 unspecified atom stereocenters. The van der Waals surface area contributed by atoms with Gasteiger partial charge in [0.1, 0.15) is 0 Å². The maximum Gasteiger partial charge on any atom is 0.0762 e. The van der Waals surface area contributed by atoms with Crippen LogP contribution >= 0.6 is 0 Å². The smallest absolute Gasteiger partial charge is 0.0762 e. The molecule has 1 aromatic rings. The van der Waals surface area contributed by atoms with Crippen LogP contribution in [0.2, 0.25) is 0 Å². The van der Waals surface area contributed by atoms with Gasteiger partial charge in [-0.1, -0.05) is 26.2 Å². The summed E-state index contributed by atoms with van der Waals surface area (Å²) in [5, 5.41) is 7.91. The third-order valence-corrected chi connectivity index (χ3v) is 4.05. The summed E-state index contributed by atoms with van der Waals surface area (Å²) in [6.07, 6.45) is 9.07. The highest BCUT2D eigenvalue weighted by molar-refractivity contribution is 4.97. The molecule has 3 heteroatoms. The molecule has 1 N–H and O–H groups in total. The van der Waals surface area contributed by atoms with Gasteiger partial charge >= 0.3 is 0 Å². The molecule has 0 radical (unpaired) electrons. The van der Waals surface area contributed by atoms with Crippen LogP contribution in [0.25, 0.3) is 0 Å². The lowest BCUT2D eigenvalue weighted by Gasteiger charge is -2.27. The number of rotatable bonds is 5. The van der Waals surface area contributed by atoms with Crippen LogP contribution in [0, 0.1) is 11.8 Å². The van der Waals surface area contributed by atoms with Crippen molar-refractivity contribution in [1.82, 2.24) is 15.1 Å². The molecule has 17 heavy (non-hydrogen) atoms. The molecule has 1 fully saturated rings. The van der Waals surface area contributed by atoms with Crippen molar-refractivity contribution in [2.24, 2.45) is 18.9 Å². The number of nitrogens with zero attached hydrogens (tertiary/aromatic N) is 2. The van der Waals surface area contributed by atoms with Gasteiger partial charge in [-0.2, -0.15) is 5.10 Å². The minimum atomic E-state index is 0.890. The number of nitrogens with one attached hydrogen (secondary N) is 1. The molecular formula is C14H25N3. The Morgan fingerprint density at radius 2 is 2.00 bits per heavy atom. The molecule has 1 aliphatic rings. The summed E-state index contributed by atoms with van der Waals surface area (Å²) >= 11 is 0. The van der Waals surface area contributed by atoms with Crippen LogP contribution in [0.15, 0.2) is 12.3 Å². The molecule has 0 atom stereocenters. The van der Waals surface area contributed by atoms with Gasteiger partial charge in [0.05, 0.1) is 5.69 Å². The third-order valence-electron chi connectivity index (χ3n) is 4.05. The quantitative estimate of drug-likeness (QED) is 0.850. The van der Waals surface area contributed by atoms with Crippen LogP contribution in [-0.4, -0.2) is 16.3 Å². The zero-order chi connectivity index (χ0) is 12.1. The Balaban J connectivity index is 1.63. The number of hydrogen-bond donors (Lipinski definition) is 1. The van der Waals surface area contributed by atoms with Gasteiger partial charge in [0.15, 0.2) is 0 Å². The molecule has 3 nitrogen and oxygen atoms in total. The van der Waals surface area contributed by atoms with Crippen molar-refractivity contribution in [1.29, 1.82) is 0 Å². The van der Waals surface area contributed by atoms with E-state index in [2.05, 4.69) is 23.4 Å². The maximum absolute atomic E-state index is 4.37. The fraction of sp³-hybridized carbons (Fsp3) is 0.786. The Kier molecular flexibility index (Phi) is 4.60. The number of hydrogen-bond acceptors (Lipinski definition) is 2. The second kappa shape index (κ2) is 6.20. The van der Waals surface area contributed by atoms with Crippen LogP contribution in [0.1, 0.15) is 44.7 Å². The lowest BCUT2D eigenvalue weighted by atomic mass is 9.81. The zero-order valence-corrected chi connectivity index (χ0v) is 11.2. The second-order valence-corrected chi connectivity index (χ2v) is 5.41. The first kappa shape index (κ1) is 12.6. The van der Waals surface area contributed by atoms with Crippen molar-refractivity contribution in [2.75, 3.05) is 6.54 Å². The molecule has 96 valence electrons. The SMILES string of the molecule is CCC1CCC(CNCc2ccn(C)n2)CC1. The Labute approximate surface area is 105 Å². The van der Waals surface area contributed by atoms with Crippen LogP contribution in [0.3, 0.4) is 0 Å². The summed E-state index contributed by atoms with van der Waals surface area (Å²) in [7, 11) is 1.97. The van der Waals surface area contributed by atoms with E-state index in [-0.39, 0.29) is 0 Å². The topological polar surface area (TPSA) is 29.9 Å². The van der Waals surface area contributed by atoms with Gasteiger partial charge in [-0.3, -0.25) is 4.68 Å². The first-order valence-electron chi connectivity index (χ1n) is 6.97. The van der Waals surface area contributed by atoms with E-state index in [0.717, 1.165) is 30.6 Å². The van der Waals surface area contributed by atoms with E-state index in [1.165, 1.54) is 32.1 Å². The Bertz CT molecular complexity index is 324. The van der Waals surface area contributed by atoms with Gasteiger partial charge < -0.3 is 5.32 Å². The highest BCUT2D eigenvalue weighted by Gasteiger charge is 2.19. The van der Waals surface area contributed by atoms with Gasteiger partial charge in [-0.15, -0.1) is 0 Å². The predicted molar refractivity (Wildman–Crippen MR) is 70.7 cm³/mol. The van der Waals surface area contributed by atoms with Crippen molar-refractivity contribution in [3.8, 4) is 0 Å². The summed E-state index contributed by atoms with van der Waals surface area (Å²) in [5.74, 6) is 1.89. The van der Waals surface area contributed by atoms with Gasteiger partial charge in [0.25, 0.3) is 0 Å². The van der Waals surface area contributed by atoms with Crippen molar-refractivity contribution in [3.63, 3.8) is 0 Å². The average molecular weight is 235 g/mol. The molecule has 1 heterocycles. The molecule has 0 aromatic carbocycles. The lowest BCUT2D eigenvalue weighted by Crippen LogP contribution is -2.26. The van der Waals surface area contributed by atoms with E-state index in [9.17, 15) is 0 Å². The molecule has 0 spiro atoms. The molecule has 0 bridgehead atoms. The molecule has 0 amide bonds. The monoisotopic (exact) mass is 235 g/mol. The molecule has 1 aliphatic carbocycles. The molecular weight excluding hydrogens is 210 g/mol. The van der Waals surface area contributed by atoms with Crippen LogP contribution in [-0.2, 0) is 13.6 Å². The minimum absolute atomic E-state index is 0.890. The van der Waals surface area contributed by atoms with Crippen LogP contribution in [0.5, 0.6) is 0 Å². The van der Waals surface area contributed by atoms with E-state index in [0.29, 0.717) is 0 Å². The first-order valence-corrected chi connectivity index (χ1v) is 6.97. The first-order chi connectivity index (χ1) is 8.28. The zero-order valence-electron chi connectivity index (χ0n) is 11.2. The van der Waals surface area contributed by atoms with Crippen molar-refractivity contribution >= 4 is 0 Å². The van der Waals surface area contributed by atoms with Crippen molar-refractivity contribution in [2.45, 2.75) is 45.6 Å². The molecule has 0 aliphatic heterocycles. The van der Waals surface area contributed by atoms with E-state index in [1.54, 1.807) is 0 Å². The van der Waals surface area contributed by atoms with Gasteiger partial charge in [-0.05, 0) is 37.3 Å². The number of aromatic nitrogens is 2. The van der Waals surface area contributed by atoms with Gasteiger partial charge in [0.2, 0.25) is 0 Å². The molecule has 1 aromatic heterocycles. The van der Waals surface area contributed by atoms with Gasteiger partial charge in [-0.25, -0.2) is 0 Å². The fourth-order valence-electron chi connectivity index (χ4n) is 2.81. The van der Waals surface area contributed by atoms with Crippen molar-refractivity contribution in [3.05, 3.63) is 18.0 Å². The van der Waals surface area contributed by atoms with Crippen LogP contribution < -0.4 is 5.32 Å². The van der Waals surface area contributed by atoms with Gasteiger partial charge in [0, 0.05) is 19.8 Å². The predicted octanol–water partition coefficient (Wildman–Crippen LogP) is 2.73. The van der Waals surface area contributed by atoms with E-state index in [1.807, 2.05) is 17.9 Å². The summed E-state index contributed by atoms with van der Waals surface area (Å²) in [5.41, 5.74) is 1.15.